The van der Waals surface area contributed by atoms with Gasteiger partial charge in [-0.1, -0.05) is 36.4 Å². The number of thiophene rings is 1. The second kappa shape index (κ2) is 7.49. The van der Waals surface area contributed by atoms with E-state index in [9.17, 15) is 12.8 Å². The lowest BCUT2D eigenvalue weighted by molar-refractivity contribution is 0.499. The Balaban J connectivity index is 1.60. The fraction of sp³-hybridized carbons (Fsp3) is 0.0952. The van der Waals surface area contributed by atoms with Gasteiger partial charge in [-0.05, 0) is 35.2 Å². The molecular formula is C21H18FN5O2S2. The number of hydrazine groups is 2. The minimum absolute atomic E-state index is 0.122. The summed E-state index contributed by atoms with van der Waals surface area (Å²) in [5, 5.41) is 4.23. The molecule has 10 heteroatoms. The van der Waals surface area contributed by atoms with Gasteiger partial charge in [0.1, 0.15) is 16.7 Å². The summed E-state index contributed by atoms with van der Waals surface area (Å²) in [5.41, 5.74) is 7.60. The fourth-order valence-corrected chi connectivity index (χ4v) is 5.71. The van der Waals surface area contributed by atoms with Gasteiger partial charge >= 0.3 is 0 Å². The van der Waals surface area contributed by atoms with Crippen molar-refractivity contribution in [3.8, 4) is 0 Å². The lowest BCUT2D eigenvalue weighted by Crippen LogP contribution is -2.41. The molecule has 0 atom stereocenters. The second-order valence-electron chi connectivity index (χ2n) is 7.10. The Hall–Kier alpha value is -3.21. The topological polar surface area (TPSA) is 77.0 Å². The van der Waals surface area contributed by atoms with E-state index in [4.69, 9.17) is 4.99 Å². The number of nitrogens with zero attached hydrogens (tertiary/aromatic N) is 3. The van der Waals surface area contributed by atoms with Crippen LogP contribution in [0.2, 0.25) is 0 Å². The molecule has 0 spiro atoms. The maximum atomic E-state index is 13.7. The summed E-state index contributed by atoms with van der Waals surface area (Å²) in [5.74, 6) is 0.253. The molecule has 3 aromatic rings. The molecule has 31 heavy (non-hydrogen) atoms. The number of aliphatic imine (C=N–C) groups is 1. The maximum absolute atomic E-state index is 13.7. The lowest BCUT2D eigenvalue weighted by atomic mass is 10.2. The average Bonchev–Trinajstić information content (AvgIpc) is 3.41. The highest BCUT2D eigenvalue weighted by molar-refractivity contribution is 7.95. The molecule has 0 saturated carbocycles. The molecule has 2 aliphatic heterocycles. The molecule has 0 fully saturated rings. The second-order valence-corrected chi connectivity index (χ2v) is 9.88. The Morgan fingerprint density at radius 3 is 2.71 bits per heavy atom. The predicted octanol–water partition coefficient (Wildman–Crippen LogP) is 3.21. The SMILES string of the molecule is CN(Cc1ccccc1)C1=NC2=C(S(=O)(=O)c3cccc(F)c3)NNN2c2sccc21. The molecule has 2 N–H and O–H groups in total. The smallest absolute Gasteiger partial charge is 0.226 e. The first kappa shape index (κ1) is 19.7. The Kier molecular flexibility index (Phi) is 4.77. The maximum Gasteiger partial charge on any atom is 0.226 e. The molecule has 0 unspecified atom stereocenters. The Morgan fingerprint density at radius 2 is 1.94 bits per heavy atom. The number of rotatable bonds is 4. The Morgan fingerprint density at radius 1 is 1.13 bits per heavy atom. The number of anilines is 1. The third kappa shape index (κ3) is 3.38. The van der Waals surface area contributed by atoms with E-state index in [1.54, 1.807) is 5.01 Å². The number of halogens is 1. The van der Waals surface area contributed by atoms with Gasteiger partial charge in [-0.25, -0.2) is 22.8 Å². The van der Waals surface area contributed by atoms with Crippen LogP contribution < -0.4 is 16.0 Å². The summed E-state index contributed by atoms with van der Waals surface area (Å²) < 4.78 is 40.1. The zero-order chi connectivity index (χ0) is 21.6. The summed E-state index contributed by atoms with van der Waals surface area (Å²) in [7, 11) is -2.11. The fourth-order valence-electron chi connectivity index (χ4n) is 3.53. The van der Waals surface area contributed by atoms with E-state index in [0.29, 0.717) is 12.4 Å². The zero-order valence-electron chi connectivity index (χ0n) is 16.4. The van der Waals surface area contributed by atoms with Gasteiger partial charge in [0.15, 0.2) is 10.9 Å². The van der Waals surface area contributed by atoms with Gasteiger partial charge in [0.2, 0.25) is 9.84 Å². The highest BCUT2D eigenvalue weighted by atomic mass is 32.2. The van der Waals surface area contributed by atoms with Crippen molar-refractivity contribution in [3.63, 3.8) is 0 Å². The van der Waals surface area contributed by atoms with Crippen LogP contribution in [0.25, 0.3) is 0 Å². The van der Waals surface area contributed by atoms with Crippen LogP contribution in [0.1, 0.15) is 11.1 Å². The first-order valence-electron chi connectivity index (χ1n) is 9.43. The third-order valence-corrected chi connectivity index (χ3v) is 7.59. The van der Waals surface area contributed by atoms with Gasteiger partial charge in [-0.3, -0.25) is 5.43 Å². The van der Waals surface area contributed by atoms with E-state index in [2.05, 4.69) is 11.0 Å². The summed E-state index contributed by atoms with van der Waals surface area (Å²) in [6.45, 7) is 0.606. The van der Waals surface area contributed by atoms with E-state index in [1.165, 1.54) is 29.5 Å². The van der Waals surface area contributed by atoms with Crippen molar-refractivity contribution in [2.75, 3.05) is 12.1 Å². The largest absolute Gasteiger partial charge is 0.355 e. The number of amidine groups is 1. The molecule has 0 saturated heterocycles. The van der Waals surface area contributed by atoms with Gasteiger partial charge in [0.05, 0.1) is 10.5 Å². The summed E-state index contributed by atoms with van der Waals surface area (Å²) >= 11 is 1.47. The summed E-state index contributed by atoms with van der Waals surface area (Å²) in [6.07, 6.45) is 0. The molecule has 7 nitrogen and oxygen atoms in total. The van der Waals surface area contributed by atoms with Crippen LogP contribution in [0.5, 0.6) is 0 Å². The lowest BCUT2D eigenvalue weighted by Gasteiger charge is -2.29. The van der Waals surface area contributed by atoms with Crippen molar-refractivity contribution >= 4 is 32.0 Å². The summed E-state index contributed by atoms with van der Waals surface area (Å²) in [4.78, 5) is 6.55. The van der Waals surface area contributed by atoms with Gasteiger partial charge in [-0.15, -0.1) is 16.9 Å². The van der Waals surface area contributed by atoms with Crippen LogP contribution in [-0.4, -0.2) is 26.2 Å². The van der Waals surface area contributed by atoms with Crippen LogP contribution in [0.4, 0.5) is 9.39 Å². The van der Waals surface area contributed by atoms with Crippen LogP contribution >= 0.6 is 11.3 Å². The first-order chi connectivity index (χ1) is 14.9. The average molecular weight is 456 g/mol. The zero-order valence-corrected chi connectivity index (χ0v) is 18.0. The standard InChI is InChI=1S/C21H18FN5O2S2/c1-26(13-14-6-3-2-4-7-14)18-17-10-11-30-21(17)27-19(23-18)20(24-25-27)31(28,29)16-9-5-8-15(22)12-16/h2-12,24-25H,13H2,1H3. The van der Waals surface area contributed by atoms with Gasteiger partial charge in [-0.2, -0.15) is 0 Å². The van der Waals surface area contributed by atoms with Crippen molar-refractivity contribution in [2.45, 2.75) is 11.4 Å². The van der Waals surface area contributed by atoms with Crippen molar-refractivity contribution in [1.29, 1.82) is 0 Å². The number of hydrogen-bond acceptors (Lipinski definition) is 8. The molecule has 1 aromatic heterocycles. The van der Waals surface area contributed by atoms with Crippen molar-refractivity contribution in [1.82, 2.24) is 15.9 Å². The molecular weight excluding hydrogens is 437 g/mol. The van der Waals surface area contributed by atoms with Gasteiger partial charge < -0.3 is 4.90 Å². The van der Waals surface area contributed by atoms with E-state index < -0.39 is 15.7 Å². The summed E-state index contributed by atoms with van der Waals surface area (Å²) in [6, 6.07) is 16.8. The molecule has 2 aromatic carbocycles. The molecule has 0 bridgehead atoms. The molecule has 158 valence electrons. The van der Waals surface area contributed by atoms with E-state index in [0.717, 1.165) is 22.2 Å². The minimum Gasteiger partial charge on any atom is -0.355 e. The normalized spacial score (nSPS) is 15.3. The molecule has 3 heterocycles. The van der Waals surface area contributed by atoms with Crippen molar-refractivity contribution in [3.05, 3.63) is 93.8 Å². The van der Waals surface area contributed by atoms with E-state index >= 15 is 0 Å². The van der Waals surface area contributed by atoms with Gasteiger partial charge in [0, 0.05) is 13.6 Å². The molecule has 5 rings (SSSR count). The molecule has 2 aliphatic rings. The van der Waals surface area contributed by atoms with Crippen molar-refractivity contribution in [2.24, 2.45) is 4.99 Å². The molecule has 0 aliphatic carbocycles. The third-order valence-electron chi connectivity index (χ3n) is 5.00. The Bertz CT molecular complexity index is 1320. The highest BCUT2D eigenvalue weighted by Crippen LogP contribution is 2.38. The first-order valence-corrected chi connectivity index (χ1v) is 11.8. The van der Waals surface area contributed by atoms with E-state index in [-0.39, 0.29) is 15.7 Å². The predicted molar refractivity (Wildman–Crippen MR) is 118 cm³/mol. The van der Waals surface area contributed by atoms with Crippen LogP contribution in [0, 0.1) is 5.82 Å². The van der Waals surface area contributed by atoms with Crippen molar-refractivity contribution < 1.29 is 12.8 Å². The highest BCUT2D eigenvalue weighted by Gasteiger charge is 2.38. The number of sulfone groups is 1. The van der Waals surface area contributed by atoms with Crippen LogP contribution in [0.3, 0.4) is 0 Å². The van der Waals surface area contributed by atoms with Gasteiger partial charge in [0.25, 0.3) is 0 Å². The number of nitrogens with one attached hydrogen (secondary N) is 2. The number of fused-ring (bicyclic) bond motifs is 3. The minimum atomic E-state index is -4.02. The monoisotopic (exact) mass is 455 g/mol. The quantitative estimate of drug-likeness (QED) is 0.629. The molecule has 0 amide bonds. The van der Waals surface area contributed by atoms with Crippen LogP contribution in [-0.2, 0) is 16.4 Å². The number of benzene rings is 2. The Labute approximate surface area is 183 Å². The van der Waals surface area contributed by atoms with Crippen LogP contribution in [0.15, 0.2) is 86.8 Å². The number of hydrogen-bond donors (Lipinski definition) is 2. The molecule has 0 radical (unpaired) electrons. The van der Waals surface area contributed by atoms with E-state index in [1.807, 2.05) is 53.7 Å².